The van der Waals surface area contributed by atoms with Crippen LogP contribution in [-0.2, 0) is 17.9 Å². The average molecular weight is 443 g/mol. The summed E-state index contributed by atoms with van der Waals surface area (Å²) in [5.74, 6) is 0.882. The van der Waals surface area contributed by atoms with E-state index in [0.29, 0.717) is 18.1 Å². The highest BCUT2D eigenvalue weighted by Gasteiger charge is 2.17. The first-order chi connectivity index (χ1) is 16.2. The highest BCUT2D eigenvalue weighted by Crippen LogP contribution is 2.28. The lowest BCUT2D eigenvalue weighted by Crippen LogP contribution is -2.35. The Labute approximate surface area is 192 Å². The van der Waals surface area contributed by atoms with E-state index < -0.39 is 5.91 Å². The van der Waals surface area contributed by atoms with Gasteiger partial charge in [0.15, 0.2) is 0 Å². The number of amides is 1. The summed E-state index contributed by atoms with van der Waals surface area (Å²) in [7, 11) is 0. The molecule has 0 saturated carbocycles. The van der Waals surface area contributed by atoms with E-state index >= 15 is 0 Å². The fraction of sp³-hybridized carbons (Fsp3) is 0.231. The number of carbonyl (C=O) groups is 1. The summed E-state index contributed by atoms with van der Waals surface area (Å²) in [6, 6.07) is 21.5. The van der Waals surface area contributed by atoms with Gasteiger partial charge in [0, 0.05) is 31.2 Å². The van der Waals surface area contributed by atoms with Crippen LogP contribution in [0.4, 0.5) is 0 Å². The Balaban J connectivity index is 1.40. The molecule has 0 unspecified atom stereocenters. The van der Waals surface area contributed by atoms with E-state index in [1.807, 2.05) is 66.9 Å². The van der Waals surface area contributed by atoms with Gasteiger partial charge in [0.25, 0.3) is 5.91 Å². The van der Waals surface area contributed by atoms with Crippen LogP contribution in [0.25, 0.3) is 16.7 Å². The molecule has 7 heteroatoms. The lowest BCUT2D eigenvalue weighted by atomic mass is 10.2. The van der Waals surface area contributed by atoms with Crippen molar-refractivity contribution >= 4 is 16.8 Å². The van der Waals surface area contributed by atoms with Gasteiger partial charge in [0.2, 0.25) is 0 Å². The van der Waals surface area contributed by atoms with E-state index in [9.17, 15) is 4.79 Å². The molecule has 2 aromatic carbocycles. The maximum absolute atomic E-state index is 12.2. The molecule has 3 heterocycles. The van der Waals surface area contributed by atoms with Crippen LogP contribution in [0.15, 0.2) is 72.9 Å². The Bertz CT molecular complexity index is 1250. The van der Waals surface area contributed by atoms with Crippen molar-refractivity contribution in [1.29, 1.82) is 0 Å². The van der Waals surface area contributed by atoms with Crippen molar-refractivity contribution in [2.75, 3.05) is 26.3 Å². The number of hydrogen-bond donors (Lipinski definition) is 1. The molecule has 1 aliphatic rings. The lowest BCUT2D eigenvalue weighted by molar-refractivity contribution is 0.0341. The van der Waals surface area contributed by atoms with Crippen LogP contribution in [0.1, 0.15) is 21.6 Å². The van der Waals surface area contributed by atoms with Gasteiger partial charge in [-0.25, -0.2) is 4.98 Å². The summed E-state index contributed by atoms with van der Waals surface area (Å²) in [5.41, 5.74) is 9.16. The minimum atomic E-state index is -0.503. The molecule has 1 saturated heterocycles. The van der Waals surface area contributed by atoms with E-state index in [1.165, 1.54) is 0 Å². The van der Waals surface area contributed by atoms with Gasteiger partial charge in [0.05, 0.1) is 18.7 Å². The Kier molecular flexibility index (Phi) is 6.06. The molecule has 168 valence electrons. The average Bonchev–Trinajstić information content (AvgIpc) is 3.24. The molecule has 1 amide bonds. The molecule has 1 fully saturated rings. The third-order valence-electron chi connectivity index (χ3n) is 5.82. The molecule has 0 spiro atoms. The molecule has 5 rings (SSSR count). The smallest absolute Gasteiger partial charge is 0.265 e. The van der Waals surface area contributed by atoms with E-state index in [1.54, 1.807) is 10.6 Å². The Morgan fingerprint density at radius 2 is 1.82 bits per heavy atom. The second kappa shape index (κ2) is 9.44. The topological polar surface area (TPSA) is 82.6 Å². The number of benzene rings is 2. The zero-order chi connectivity index (χ0) is 22.6. The number of primary amides is 1. The van der Waals surface area contributed by atoms with Gasteiger partial charge in [-0.3, -0.25) is 14.3 Å². The maximum Gasteiger partial charge on any atom is 0.265 e. The van der Waals surface area contributed by atoms with Gasteiger partial charge in [-0.15, -0.1) is 0 Å². The zero-order valence-corrected chi connectivity index (χ0v) is 18.3. The molecule has 4 aromatic rings. The Morgan fingerprint density at radius 1 is 1.00 bits per heavy atom. The standard InChI is InChI=1S/C26H26N4O3/c27-26(31)24-15-21-14-22(33-18-19-4-2-1-3-5-19)7-8-23(21)30(24)25-9-6-20(16-28-25)17-29-10-12-32-13-11-29/h1-9,14-16H,10-13,17-18H2,(H2,27,31). The van der Waals surface area contributed by atoms with Crippen molar-refractivity contribution in [2.24, 2.45) is 5.73 Å². The minimum Gasteiger partial charge on any atom is -0.489 e. The lowest BCUT2D eigenvalue weighted by Gasteiger charge is -2.26. The third kappa shape index (κ3) is 4.74. The fourth-order valence-corrected chi connectivity index (χ4v) is 4.11. The molecule has 0 radical (unpaired) electrons. The summed E-state index contributed by atoms with van der Waals surface area (Å²) >= 11 is 0. The monoisotopic (exact) mass is 442 g/mol. The van der Waals surface area contributed by atoms with Crippen molar-refractivity contribution in [3.63, 3.8) is 0 Å². The number of fused-ring (bicyclic) bond motifs is 1. The number of hydrogen-bond acceptors (Lipinski definition) is 5. The van der Waals surface area contributed by atoms with Gasteiger partial charge in [0.1, 0.15) is 23.9 Å². The van der Waals surface area contributed by atoms with Crippen LogP contribution in [-0.4, -0.2) is 46.7 Å². The molecule has 2 aromatic heterocycles. The molecule has 0 bridgehead atoms. The summed E-state index contributed by atoms with van der Waals surface area (Å²) < 4.78 is 13.2. The van der Waals surface area contributed by atoms with Crippen molar-refractivity contribution in [2.45, 2.75) is 13.2 Å². The summed E-state index contributed by atoms with van der Waals surface area (Å²) in [5, 5.41) is 0.869. The van der Waals surface area contributed by atoms with E-state index in [2.05, 4.69) is 9.88 Å². The number of ether oxygens (including phenoxy) is 2. The largest absolute Gasteiger partial charge is 0.489 e. The highest BCUT2D eigenvalue weighted by atomic mass is 16.5. The van der Waals surface area contributed by atoms with E-state index in [0.717, 1.165) is 60.6 Å². The first-order valence-corrected chi connectivity index (χ1v) is 11.0. The van der Waals surface area contributed by atoms with Crippen LogP contribution in [0.3, 0.4) is 0 Å². The molecule has 0 aliphatic carbocycles. The third-order valence-corrected chi connectivity index (χ3v) is 5.82. The van der Waals surface area contributed by atoms with Gasteiger partial charge < -0.3 is 15.2 Å². The summed E-state index contributed by atoms with van der Waals surface area (Å²) in [6.07, 6.45) is 1.86. The van der Waals surface area contributed by atoms with Crippen molar-refractivity contribution in [3.8, 4) is 11.6 Å². The first kappa shape index (κ1) is 21.2. The Hall–Kier alpha value is -3.68. The molecular weight excluding hydrogens is 416 g/mol. The first-order valence-electron chi connectivity index (χ1n) is 11.0. The summed E-state index contributed by atoms with van der Waals surface area (Å²) in [4.78, 5) is 19.2. The number of pyridine rings is 1. The predicted octanol–water partition coefficient (Wildman–Crippen LogP) is 3.54. The SMILES string of the molecule is NC(=O)c1cc2cc(OCc3ccccc3)ccc2n1-c1ccc(CN2CCOCC2)cn1. The van der Waals surface area contributed by atoms with E-state index in [-0.39, 0.29) is 0 Å². The number of carbonyl (C=O) groups excluding carboxylic acids is 1. The van der Waals surface area contributed by atoms with Crippen molar-refractivity contribution < 1.29 is 14.3 Å². The van der Waals surface area contributed by atoms with Gasteiger partial charge in [-0.05, 0) is 41.5 Å². The second-order valence-corrected chi connectivity index (χ2v) is 8.14. The molecule has 33 heavy (non-hydrogen) atoms. The van der Waals surface area contributed by atoms with Gasteiger partial charge >= 0.3 is 0 Å². The Morgan fingerprint density at radius 3 is 2.55 bits per heavy atom. The number of morpholine rings is 1. The summed E-state index contributed by atoms with van der Waals surface area (Å²) in [6.45, 7) is 4.67. The normalized spacial score (nSPS) is 14.4. The van der Waals surface area contributed by atoms with Crippen LogP contribution in [0.2, 0.25) is 0 Å². The fourth-order valence-electron chi connectivity index (χ4n) is 4.11. The van der Waals surface area contributed by atoms with Gasteiger partial charge in [-0.2, -0.15) is 0 Å². The molecular formula is C26H26N4O3. The molecule has 0 atom stereocenters. The van der Waals surface area contributed by atoms with Crippen LogP contribution in [0.5, 0.6) is 5.75 Å². The molecule has 7 nitrogen and oxygen atoms in total. The van der Waals surface area contributed by atoms with Gasteiger partial charge in [-0.1, -0.05) is 36.4 Å². The van der Waals surface area contributed by atoms with Crippen LogP contribution < -0.4 is 10.5 Å². The highest BCUT2D eigenvalue weighted by molar-refractivity contribution is 5.99. The molecule has 2 N–H and O–H groups in total. The minimum absolute atomic E-state index is 0.388. The van der Waals surface area contributed by atoms with Crippen molar-refractivity contribution in [1.82, 2.24) is 14.5 Å². The van der Waals surface area contributed by atoms with Crippen LogP contribution in [0, 0.1) is 0 Å². The number of nitrogens with two attached hydrogens (primary N) is 1. The van der Waals surface area contributed by atoms with Crippen molar-refractivity contribution in [3.05, 3.63) is 89.7 Å². The van der Waals surface area contributed by atoms with Crippen LogP contribution >= 0.6 is 0 Å². The number of aromatic nitrogens is 2. The maximum atomic E-state index is 12.2. The quantitative estimate of drug-likeness (QED) is 0.473. The number of nitrogens with zero attached hydrogens (tertiary/aromatic N) is 3. The predicted molar refractivity (Wildman–Crippen MR) is 126 cm³/mol. The zero-order valence-electron chi connectivity index (χ0n) is 18.3. The number of rotatable bonds is 7. The molecule has 1 aliphatic heterocycles. The van der Waals surface area contributed by atoms with E-state index in [4.69, 9.17) is 15.2 Å². The second-order valence-electron chi connectivity index (χ2n) is 8.14.